The number of carbonyl (C=O) groups excluding carboxylic acids is 1. The zero-order valence-corrected chi connectivity index (χ0v) is 16.9. The molecule has 0 aliphatic heterocycles. The van der Waals surface area contributed by atoms with Crippen molar-refractivity contribution in [1.29, 1.82) is 0 Å². The van der Waals surface area contributed by atoms with Gasteiger partial charge in [-0.15, -0.1) is 24.8 Å². The molecule has 0 spiro atoms. The predicted octanol–water partition coefficient (Wildman–Crippen LogP) is 4.96. The Morgan fingerprint density at radius 2 is 1.78 bits per heavy atom. The van der Waals surface area contributed by atoms with E-state index in [9.17, 15) is 4.79 Å². The summed E-state index contributed by atoms with van der Waals surface area (Å²) in [6.45, 7) is 0.575. The number of nitrogens with one attached hydrogen (secondary N) is 1. The molecule has 3 N–H and O–H groups in total. The van der Waals surface area contributed by atoms with Crippen molar-refractivity contribution >= 4 is 36.4 Å². The molecule has 0 bridgehead atoms. The number of carbonyl (C=O) groups is 1. The van der Waals surface area contributed by atoms with Crippen LogP contribution in [0, 0.1) is 5.41 Å². The maximum atomic E-state index is 12.5. The second kappa shape index (κ2) is 11.1. The average Bonchev–Trinajstić information content (AvgIpc) is 2.63. The number of pyridine rings is 1. The van der Waals surface area contributed by atoms with Crippen LogP contribution in [0.2, 0.25) is 0 Å². The molecule has 1 fully saturated rings. The summed E-state index contributed by atoms with van der Waals surface area (Å²) in [5, 5.41) is 2.99. The average molecular weight is 412 g/mol. The number of benzene rings is 1. The Balaban J connectivity index is 0.00000182. The Hall–Kier alpha value is -1.82. The highest BCUT2D eigenvalue weighted by molar-refractivity contribution is 5.91. The van der Waals surface area contributed by atoms with E-state index in [0.717, 1.165) is 18.5 Å². The van der Waals surface area contributed by atoms with Crippen molar-refractivity contribution < 1.29 is 9.53 Å². The number of aromatic nitrogens is 1. The minimum absolute atomic E-state index is 0. The Labute approximate surface area is 172 Å². The number of anilines is 1. The summed E-state index contributed by atoms with van der Waals surface area (Å²) in [4.78, 5) is 16.5. The summed E-state index contributed by atoms with van der Waals surface area (Å²) < 4.78 is 5.78. The van der Waals surface area contributed by atoms with E-state index in [4.69, 9.17) is 10.5 Å². The van der Waals surface area contributed by atoms with Gasteiger partial charge in [0, 0.05) is 30.6 Å². The first-order valence-corrected chi connectivity index (χ1v) is 8.87. The molecule has 1 aromatic carbocycles. The summed E-state index contributed by atoms with van der Waals surface area (Å²) in [6.07, 6.45) is 9.51. The van der Waals surface area contributed by atoms with Gasteiger partial charge in [0.25, 0.3) is 0 Å². The van der Waals surface area contributed by atoms with Crippen LogP contribution in [0.25, 0.3) is 0 Å². The van der Waals surface area contributed by atoms with E-state index in [1.54, 1.807) is 24.5 Å². The van der Waals surface area contributed by atoms with Gasteiger partial charge in [0.1, 0.15) is 11.5 Å². The van der Waals surface area contributed by atoms with Crippen molar-refractivity contribution in [2.24, 2.45) is 11.1 Å². The molecular formula is C20H27Cl2N3O2. The molecule has 0 atom stereocenters. The maximum Gasteiger partial charge on any atom is 0.224 e. The van der Waals surface area contributed by atoms with E-state index in [0.29, 0.717) is 24.5 Å². The monoisotopic (exact) mass is 411 g/mol. The van der Waals surface area contributed by atoms with Crippen molar-refractivity contribution in [2.75, 3.05) is 11.9 Å². The molecule has 0 radical (unpaired) electrons. The van der Waals surface area contributed by atoms with E-state index < -0.39 is 0 Å². The lowest BCUT2D eigenvalue weighted by Gasteiger charge is -2.35. The van der Waals surface area contributed by atoms with Gasteiger partial charge in [-0.1, -0.05) is 25.3 Å². The Bertz CT molecular complexity index is 707. The molecule has 27 heavy (non-hydrogen) atoms. The van der Waals surface area contributed by atoms with Crippen LogP contribution < -0.4 is 15.8 Å². The van der Waals surface area contributed by atoms with Crippen LogP contribution in [0.5, 0.6) is 11.5 Å². The molecule has 0 saturated heterocycles. The number of halogens is 2. The summed E-state index contributed by atoms with van der Waals surface area (Å²) >= 11 is 0. The normalized spacial score (nSPS) is 15.0. The fraction of sp³-hybridized carbons (Fsp3) is 0.400. The summed E-state index contributed by atoms with van der Waals surface area (Å²) in [5.41, 5.74) is 6.69. The van der Waals surface area contributed by atoms with Gasteiger partial charge in [-0.2, -0.15) is 0 Å². The second-order valence-electron chi connectivity index (χ2n) is 6.80. The van der Waals surface area contributed by atoms with Gasteiger partial charge in [0.05, 0.1) is 0 Å². The fourth-order valence-corrected chi connectivity index (χ4v) is 3.48. The largest absolute Gasteiger partial charge is 0.457 e. The van der Waals surface area contributed by atoms with Crippen molar-refractivity contribution in [3.63, 3.8) is 0 Å². The topological polar surface area (TPSA) is 77.2 Å². The predicted molar refractivity (Wildman–Crippen MR) is 113 cm³/mol. The molecule has 1 aliphatic carbocycles. The highest BCUT2D eigenvalue weighted by Crippen LogP contribution is 2.38. The summed E-state index contributed by atoms with van der Waals surface area (Å²) in [6, 6.07) is 11.0. The molecule has 1 amide bonds. The number of nitrogens with two attached hydrogens (primary N) is 1. The molecular weight excluding hydrogens is 385 g/mol. The molecule has 7 heteroatoms. The first-order chi connectivity index (χ1) is 12.2. The van der Waals surface area contributed by atoms with E-state index in [1.165, 1.54) is 19.3 Å². The van der Waals surface area contributed by atoms with Crippen molar-refractivity contribution in [1.82, 2.24) is 4.98 Å². The number of hydrogen-bond donors (Lipinski definition) is 2. The molecule has 148 valence electrons. The van der Waals surface area contributed by atoms with Gasteiger partial charge in [-0.3, -0.25) is 9.78 Å². The highest BCUT2D eigenvalue weighted by Gasteiger charge is 2.32. The van der Waals surface area contributed by atoms with Gasteiger partial charge >= 0.3 is 0 Å². The van der Waals surface area contributed by atoms with Gasteiger partial charge in [-0.25, -0.2) is 0 Å². The third-order valence-electron chi connectivity index (χ3n) is 4.89. The molecule has 1 saturated carbocycles. The van der Waals surface area contributed by atoms with Gasteiger partial charge < -0.3 is 15.8 Å². The smallest absolute Gasteiger partial charge is 0.224 e. The van der Waals surface area contributed by atoms with Crippen LogP contribution in [0.15, 0.2) is 48.8 Å². The molecule has 1 heterocycles. The lowest BCUT2D eigenvalue weighted by Crippen LogP contribution is -2.36. The van der Waals surface area contributed by atoms with Gasteiger partial charge in [0.15, 0.2) is 0 Å². The first-order valence-electron chi connectivity index (χ1n) is 8.87. The third kappa shape index (κ3) is 6.69. The molecule has 2 aromatic rings. The summed E-state index contributed by atoms with van der Waals surface area (Å²) in [5.74, 6) is 1.41. The molecule has 1 aliphatic rings. The molecule has 1 aromatic heterocycles. The van der Waals surface area contributed by atoms with Crippen LogP contribution >= 0.6 is 24.8 Å². The fourth-order valence-electron chi connectivity index (χ4n) is 3.48. The summed E-state index contributed by atoms with van der Waals surface area (Å²) in [7, 11) is 0. The molecule has 0 unspecified atom stereocenters. The zero-order valence-electron chi connectivity index (χ0n) is 15.2. The van der Waals surface area contributed by atoms with Crippen molar-refractivity contribution in [2.45, 2.75) is 38.5 Å². The third-order valence-corrected chi connectivity index (χ3v) is 4.89. The van der Waals surface area contributed by atoms with E-state index >= 15 is 0 Å². The lowest BCUT2D eigenvalue weighted by molar-refractivity contribution is -0.118. The number of amides is 1. The zero-order chi connectivity index (χ0) is 17.5. The van der Waals surface area contributed by atoms with E-state index in [-0.39, 0.29) is 36.1 Å². The van der Waals surface area contributed by atoms with E-state index in [1.807, 2.05) is 24.3 Å². The van der Waals surface area contributed by atoms with Crippen molar-refractivity contribution in [3.8, 4) is 11.5 Å². The number of rotatable bonds is 6. The first kappa shape index (κ1) is 23.2. The van der Waals surface area contributed by atoms with Gasteiger partial charge in [0.2, 0.25) is 5.91 Å². The van der Waals surface area contributed by atoms with Crippen LogP contribution in [-0.2, 0) is 4.79 Å². The SMILES string of the molecule is Cl.Cl.NCC1(CC(=O)Nc2cccc(Oc3ccncc3)c2)CCCCC1. The number of ether oxygens (including phenoxy) is 1. The van der Waals surface area contributed by atoms with Gasteiger partial charge in [-0.05, 0) is 49.1 Å². The Morgan fingerprint density at radius 1 is 1.07 bits per heavy atom. The van der Waals surface area contributed by atoms with Crippen molar-refractivity contribution in [3.05, 3.63) is 48.8 Å². The maximum absolute atomic E-state index is 12.5. The second-order valence-corrected chi connectivity index (χ2v) is 6.80. The lowest BCUT2D eigenvalue weighted by atomic mass is 9.71. The Kier molecular flexibility index (Phi) is 9.56. The highest BCUT2D eigenvalue weighted by atomic mass is 35.5. The minimum Gasteiger partial charge on any atom is -0.457 e. The standard InChI is InChI=1S/C20H25N3O2.2ClH/c21-15-20(9-2-1-3-10-20)14-19(24)23-16-5-4-6-18(13-16)25-17-7-11-22-12-8-17;;/h4-8,11-13H,1-3,9-10,14-15,21H2,(H,23,24);2*1H. The quantitative estimate of drug-likeness (QED) is 0.704. The number of hydrogen-bond acceptors (Lipinski definition) is 4. The number of nitrogens with zero attached hydrogens (tertiary/aromatic N) is 1. The molecule has 5 nitrogen and oxygen atoms in total. The molecule has 3 rings (SSSR count). The minimum atomic E-state index is -0.0342. The van der Waals surface area contributed by atoms with Crippen LogP contribution in [0.1, 0.15) is 38.5 Å². The van der Waals surface area contributed by atoms with Crippen LogP contribution in [0.4, 0.5) is 5.69 Å². The Morgan fingerprint density at radius 3 is 2.44 bits per heavy atom. The van der Waals surface area contributed by atoms with Crippen LogP contribution in [-0.4, -0.2) is 17.4 Å². The van der Waals surface area contributed by atoms with Crippen LogP contribution in [0.3, 0.4) is 0 Å². The van der Waals surface area contributed by atoms with E-state index in [2.05, 4.69) is 10.3 Å².